The van der Waals surface area contributed by atoms with Gasteiger partial charge in [-0.25, -0.2) is 4.98 Å². The minimum Gasteiger partial charge on any atom is -0.368 e. The third-order valence-electron chi connectivity index (χ3n) is 2.62. The van der Waals surface area contributed by atoms with Gasteiger partial charge in [-0.05, 0) is 12.1 Å². The van der Waals surface area contributed by atoms with Crippen LogP contribution in [0.3, 0.4) is 0 Å². The Kier molecular flexibility index (Phi) is 3.67. The standard InChI is InChI=1S/C11H11ClN8S/c1-19(4-7-2-3-8(12)21-7)10-16-9(13)17-11(18-10)20-6-14-5-15-20/h2-3,5-6H,4H2,1H3,(H2,13,16,17,18). The van der Waals surface area contributed by atoms with Gasteiger partial charge in [0, 0.05) is 11.9 Å². The molecule has 0 saturated heterocycles. The highest BCUT2D eigenvalue weighted by Gasteiger charge is 2.12. The monoisotopic (exact) mass is 322 g/mol. The molecule has 8 nitrogen and oxygen atoms in total. The van der Waals surface area contributed by atoms with Crippen molar-refractivity contribution in [3.05, 3.63) is 34.0 Å². The summed E-state index contributed by atoms with van der Waals surface area (Å²) in [5, 5.41) is 3.98. The van der Waals surface area contributed by atoms with Crippen LogP contribution in [-0.2, 0) is 6.54 Å². The first-order valence-electron chi connectivity index (χ1n) is 5.94. The summed E-state index contributed by atoms with van der Waals surface area (Å²) >= 11 is 7.44. The lowest BCUT2D eigenvalue weighted by molar-refractivity contribution is 0.778. The van der Waals surface area contributed by atoms with Crippen LogP contribution in [0.1, 0.15) is 4.88 Å². The molecule has 0 spiro atoms. The van der Waals surface area contributed by atoms with E-state index in [1.807, 2.05) is 24.1 Å². The summed E-state index contributed by atoms with van der Waals surface area (Å²) in [6.45, 7) is 0.623. The molecule has 2 N–H and O–H groups in total. The molecule has 0 fully saturated rings. The summed E-state index contributed by atoms with van der Waals surface area (Å²) in [6, 6.07) is 3.82. The number of hydrogen-bond acceptors (Lipinski definition) is 8. The third kappa shape index (κ3) is 3.09. The van der Waals surface area contributed by atoms with Gasteiger partial charge in [0.05, 0.1) is 10.9 Å². The Morgan fingerprint density at radius 3 is 2.86 bits per heavy atom. The van der Waals surface area contributed by atoms with Crippen molar-refractivity contribution >= 4 is 34.8 Å². The zero-order valence-electron chi connectivity index (χ0n) is 11.0. The van der Waals surface area contributed by atoms with Crippen molar-refractivity contribution in [2.45, 2.75) is 6.54 Å². The molecule has 0 aliphatic heterocycles. The molecule has 0 atom stereocenters. The number of hydrogen-bond donors (Lipinski definition) is 1. The van der Waals surface area contributed by atoms with Crippen molar-refractivity contribution in [2.24, 2.45) is 0 Å². The molecule has 21 heavy (non-hydrogen) atoms. The molecule has 0 aromatic carbocycles. The first kappa shape index (κ1) is 13.7. The molecule has 0 aliphatic rings. The van der Waals surface area contributed by atoms with E-state index in [4.69, 9.17) is 17.3 Å². The van der Waals surface area contributed by atoms with Crippen LogP contribution in [0.2, 0.25) is 4.34 Å². The molecule has 0 saturated carbocycles. The fourth-order valence-corrected chi connectivity index (χ4v) is 2.84. The van der Waals surface area contributed by atoms with Crippen LogP contribution in [0.25, 0.3) is 5.95 Å². The fraction of sp³-hybridized carbons (Fsp3) is 0.182. The quantitative estimate of drug-likeness (QED) is 0.774. The van der Waals surface area contributed by atoms with Gasteiger partial charge in [0.1, 0.15) is 12.7 Å². The van der Waals surface area contributed by atoms with Crippen molar-refractivity contribution in [1.29, 1.82) is 0 Å². The van der Waals surface area contributed by atoms with E-state index in [-0.39, 0.29) is 5.95 Å². The van der Waals surface area contributed by atoms with Crippen molar-refractivity contribution in [3.63, 3.8) is 0 Å². The predicted molar refractivity (Wildman–Crippen MR) is 80.6 cm³/mol. The van der Waals surface area contributed by atoms with Crippen molar-refractivity contribution in [2.75, 3.05) is 17.7 Å². The molecule has 0 radical (unpaired) electrons. The van der Waals surface area contributed by atoms with E-state index in [0.29, 0.717) is 18.4 Å². The number of thiophene rings is 1. The minimum atomic E-state index is 0.126. The Morgan fingerprint density at radius 1 is 1.33 bits per heavy atom. The highest BCUT2D eigenvalue weighted by Crippen LogP contribution is 2.23. The van der Waals surface area contributed by atoms with E-state index in [9.17, 15) is 0 Å². The number of halogens is 1. The summed E-state index contributed by atoms with van der Waals surface area (Å²) in [5.41, 5.74) is 5.73. The Hall–Kier alpha value is -2.26. The average Bonchev–Trinajstić information content (AvgIpc) is 3.10. The van der Waals surface area contributed by atoms with Gasteiger partial charge in [0.15, 0.2) is 0 Å². The second-order valence-electron chi connectivity index (χ2n) is 4.20. The predicted octanol–water partition coefficient (Wildman–Crippen LogP) is 1.39. The van der Waals surface area contributed by atoms with Crippen molar-refractivity contribution in [3.8, 4) is 5.95 Å². The van der Waals surface area contributed by atoms with E-state index in [0.717, 1.165) is 9.21 Å². The van der Waals surface area contributed by atoms with Gasteiger partial charge in [-0.15, -0.1) is 11.3 Å². The largest absolute Gasteiger partial charge is 0.368 e. The number of anilines is 2. The Balaban J connectivity index is 1.87. The van der Waals surface area contributed by atoms with Gasteiger partial charge in [-0.1, -0.05) is 11.6 Å². The lowest BCUT2D eigenvalue weighted by atomic mass is 10.4. The van der Waals surface area contributed by atoms with E-state index >= 15 is 0 Å². The highest BCUT2D eigenvalue weighted by atomic mass is 35.5. The van der Waals surface area contributed by atoms with Crippen LogP contribution in [0.4, 0.5) is 11.9 Å². The highest BCUT2D eigenvalue weighted by molar-refractivity contribution is 7.16. The first-order valence-corrected chi connectivity index (χ1v) is 7.13. The molecule has 0 unspecified atom stereocenters. The normalized spacial score (nSPS) is 10.8. The van der Waals surface area contributed by atoms with E-state index in [2.05, 4.69) is 25.0 Å². The summed E-state index contributed by atoms with van der Waals surface area (Å²) < 4.78 is 2.18. The lowest BCUT2D eigenvalue weighted by Gasteiger charge is -2.16. The topological polar surface area (TPSA) is 98.6 Å². The Morgan fingerprint density at radius 2 is 2.19 bits per heavy atom. The van der Waals surface area contributed by atoms with Crippen molar-refractivity contribution in [1.82, 2.24) is 29.7 Å². The molecule has 0 amide bonds. The molecule has 10 heteroatoms. The number of nitrogens with zero attached hydrogens (tertiary/aromatic N) is 7. The van der Waals surface area contributed by atoms with Gasteiger partial charge in [-0.3, -0.25) is 0 Å². The second-order valence-corrected chi connectivity index (χ2v) is 6.00. The molecule has 0 bridgehead atoms. The second kappa shape index (κ2) is 5.62. The Bertz CT molecular complexity index is 741. The average molecular weight is 323 g/mol. The molecular formula is C11H11ClN8S. The maximum atomic E-state index is 5.93. The van der Waals surface area contributed by atoms with Crippen LogP contribution < -0.4 is 10.6 Å². The summed E-state index contributed by atoms with van der Waals surface area (Å²) in [6.07, 6.45) is 2.90. The molecule has 3 aromatic heterocycles. The maximum absolute atomic E-state index is 5.93. The first-order chi connectivity index (χ1) is 10.1. The smallest absolute Gasteiger partial charge is 0.258 e. The maximum Gasteiger partial charge on any atom is 0.258 e. The number of rotatable bonds is 4. The Labute approximate surface area is 129 Å². The molecule has 3 heterocycles. The number of nitrogens with two attached hydrogens (primary N) is 1. The van der Waals surface area contributed by atoms with E-state index < -0.39 is 0 Å². The summed E-state index contributed by atoms with van der Waals surface area (Å²) in [7, 11) is 1.87. The van der Waals surface area contributed by atoms with Crippen LogP contribution in [0.5, 0.6) is 0 Å². The van der Waals surface area contributed by atoms with E-state index in [1.54, 1.807) is 0 Å². The summed E-state index contributed by atoms with van der Waals surface area (Å²) in [5.74, 6) is 0.908. The number of nitrogen functional groups attached to an aromatic ring is 1. The van der Waals surface area contributed by atoms with Crippen LogP contribution in [0, 0.1) is 0 Å². The molecular weight excluding hydrogens is 312 g/mol. The molecule has 108 valence electrons. The van der Waals surface area contributed by atoms with Gasteiger partial charge >= 0.3 is 0 Å². The minimum absolute atomic E-state index is 0.126. The van der Waals surface area contributed by atoms with Gasteiger partial charge in [0.25, 0.3) is 5.95 Å². The molecule has 0 aliphatic carbocycles. The van der Waals surface area contributed by atoms with Gasteiger partial charge in [-0.2, -0.15) is 24.7 Å². The SMILES string of the molecule is CN(Cc1ccc(Cl)s1)c1nc(N)nc(-n2cncn2)n1. The zero-order valence-corrected chi connectivity index (χ0v) is 12.6. The fourth-order valence-electron chi connectivity index (χ4n) is 1.70. The molecule has 3 rings (SSSR count). The van der Waals surface area contributed by atoms with Gasteiger partial charge in [0.2, 0.25) is 11.9 Å². The van der Waals surface area contributed by atoms with Crippen LogP contribution >= 0.6 is 22.9 Å². The number of aromatic nitrogens is 6. The van der Waals surface area contributed by atoms with E-state index in [1.165, 1.54) is 28.7 Å². The lowest BCUT2D eigenvalue weighted by Crippen LogP contribution is -2.21. The third-order valence-corrected chi connectivity index (χ3v) is 3.83. The van der Waals surface area contributed by atoms with Crippen LogP contribution in [0.15, 0.2) is 24.8 Å². The van der Waals surface area contributed by atoms with Crippen molar-refractivity contribution < 1.29 is 0 Å². The molecule has 3 aromatic rings. The van der Waals surface area contributed by atoms with Crippen LogP contribution in [-0.4, -0.2) is 36.8 Å². The van der Waals surface area contributed by atoms with Gasteiger partial charge < -0.3 is 10.6 Å². The summed E-state index contributed by atoms with van der Waals surface area (Å²) in [4.78, 5) is 19.3. The zero-order chi connectivity index (χ0) is 14.8.